The highest BCUT2D eigenvalue weighted by Crippen LogP contribution is 2.43. The number of aromatic nitrogens is 4. The predicted molar refractivity (Wildman–Crippen MR) is 236 cm³/mol. The van der Waals surface area contributed by atoms with E-state index in [4.69, 9.17) is 4.74 Å². The van der Waals surface area contributed by atoms with Gasteiger partial charge in [-0.25, -0.2) is 23.7 Å². The molecule has 67 heavy (non-hydrogen) atoms. The summed E-state index contributed by atoms with van der Waals surface area (Å²) < 4.78 is 64.9. The van der Waals surface area contributed by atoms with Gasteiger partial charge in [-0.3, -0.25) is 43.5 Å². The molecule has 0 radical (unpaired) electrons. The topological polar surface area (TPSA) is 233 Å². The van der Waals surface area contributed by atoms with E-state index in [1.54, 1.807) is 18.2 Å². The first kappa shape index (κ1) is 43.5. The van der Waals surface area contributed by atoms with Crippen LogP contribution in [0, 0.1) is 22.6 Å². The number of anilines is 3. The Hall–Kier alpha value is -7.38. The Balaban J connectivity index is 0.778. The SMILES string of the molecule is N#Cc1c(NS(=O)(=O)N2CC[C@@H](F)C2)ccc(F)c1Oc1ccc2ncn(-c3cnc(N4CCC5(CCN(c6ccc7c(c6)C(=O)N(C6CCC(=O)NC6=O)C7=O)CC5)CC4)nc3)c(=O)c2c1. The van der Waals surface area contributed by atoms with Crippen LogP contribution in [0.3, 0.4) is 0 Å². The van der Waals surface area contributed by atoms with E-state index in [1.165, 1.54) is 41.5 Å². The van der Waals surface area contributed by atoms with Crippen LogP contribution in [-0.2, 0) is 19.8 Å². The highest BCUT2D eigenvalue weighted by atomic mass is 32.2. The lowest BCUT2D eigenvalue weighted by Gasteiger charge is -2.47. The zero-order valence-corrected chi connectivity index (χ0v) is 36.5. The minimum Gasteiger partial charge on any atom is -0.453 e. The number of carbonyl (C=O) groups excluding carboxylic acids is 4. The second-order valence-electron chi connectivity index (χ2n) is 17.4. The van der Waals surface area contributed by atoms with E-state index >= 15 is 4.39 Å². The van der Waals surface area contributed by atoms with Gasteiger partial charge in [-0.05, 0) is 92.5 Å². The van der Waals surface area contributed by atoms with Gasteiger partial charge in [0.15, 0.2) is 11.6 Å². The number of halogens is 2. The van der Waals surface area contributed by atoms with Crippen LogP contribution in [0.1, 0.15) is 71.2 Å². The van der Waals surface area contributed by atoms with Gasteiger partial charge in [-0.2, -0.15) is 18.0 Å². The molecule has 5 aromatic rings. The molecule has 0 bridgehead atoms. The van der Waals surface area contributed by atoms with Gasteiger partial charge < -0.3 is 14.5 Å². The predicted octanol–water partition coefficient (Wildman–Crippen LogP) is 3.97. The Morgan fingerprint density at radius 1 is 0.836 bits per heavy atom. The van der Waals surface area contributed by atoms with Crippen LogP contribution >= 0.6 is 0 Å². The van der Waals surface area contributed by atoms with Crippen LogP contribution in [0.15, 0.2) is 72.0 Å². The molecule has 4 saturated heterocycles. The molecule has 2 atom stereocenters. The third-order valence-corrected chi connectivity index (χ3v) is 15.0. The molecule has 1 spiro atoms. The molecular weight excluding hydrogens is 893 g/mol. The highest BCUT2D eigenvalue weighted by molar-refractivity contribution is 7.90. The summed E-state index contributed by atoms with van der Waals surface area (Å²) in [6, 6.07) is 12.2. The molecule has 2 aromatic heterocycles. The number of fused-ring (bicyclic) bond motifs is 2. The summed E-state index contributed by atoms with van der Waals surface area (Å²) in [5.41, 5.74) is 0.841. The number of carbonyl (C=O) groups is 4. The first-order valence-corrected chi connectivity index (χ1v) is 23.2. The Morgan fingerprint density at radius 2 is 1.55 bits per heavy atom. The minimum absolute atomic E-state index is 0.0285. The molecule has 3 aromatic carbocycles. The number of amides is 4. The van der Waals surface area contributed by atoms with Gasteiger partial charge >= 0.3 is 10.2 Å². The fraction of sp³-hybridized carbons (Fsp3) is 0.356. The number of nitrogens with zero attached hydrogens (tertiary/aromatic N) is 9. The van der Waals surface area contributed by atoms with Gasteiger partial charge in [0, 0.05) is 51.4 Å². The highest BCUT2D eigenvalue weighted by Gasteiger charge is 2.45. The Morgan fingerprint density at radius 3 is 2.24 bits per heavy atom. The molecule has 0 aliphatic carbocycles. The molecule has 4 fully saturated rings. The number of alkyl halides is 1. The second kappa shape index (κ2) is 16.8. The van der Waals surface area contributed by atoms with Crippen LogP contribution in [0.25, 0.3) is 16.6 Å². The second-order valence-corrected chi connectivity index (χ2v) is 19.0. The van der Waals surface area contributed by atoms with Crippen molar-refractivity contribution in [2.24, 2.45) is 5.41 Å². The van der Waals surface area contributed by atoms with E-state index < -0.39 is 68.7 Å². The van der Waals surface area contributed by atoms with E-state index in [2.05, 4.69) is 34.8 Å². The maximum absolute atomic E-state index is 15.2. The summed E-state index contributed by atoms with van der Waals surface area (Å²) in [5, 5.41) is 12.3. The lowest BCUT2D eigenvalue weighted by atomic mass is 9.71. The van der Waals surface area contributed by atoms with Crippen molar-refractivity contribution in [3.63, 3.8) is 0 Å². The van der Waals surface area contributed by atoms with Crippen LogP contribution in [0.5, 0.6) is 11.5 Å². The first-order chi connectivity index (χ1) is 32.2. The maximum atomic E-state index is 15.2. The van der Waals surface area contributed by atoms with Gasteiger partial charge in [0.1, 0.15) is 35.9 Å². The lowest BCUT2D eigenvalue weighted by molar-refractivity contribution is -0.136. The lowest BCUT2D eigenvalue weighted by Crippen LogP contribution is -2.54. The minimum atomic E-state index is -4.26. The molecule has 344 valence electrons. The third-order valence-electron chi connectivity index (χ3n) is 13.5. The maximum Gasteiger partial charge on any atom is 0.301 e. The summed E-state index contributed by atoms with van der Waals surface area (Å²) in [5.74, 6) is -3.20. The van der Waals surface area contributed by atoms with Gasteiger partial charge in [-0.1, -0.05) is 0 Å². The number of benzene rings is 3. The molecular formula is C45H41F2N11O8S. The number of hydrogen-bond donors (Lipinski definition) is 2. The Kier molecular flexibility index (Phi) is 10.9. The van der Waals surface area contributed by atoms with Crippen molar-refractivity contribution >= 4 is 62.1 Å². The number of nitrogens with one attached hydrogen (secondary N) is 2. The van der Waals surface area contributed by atoms with Gasteiger partial charge in [0.25, 0.3) is 17.4 Å². The van der Waals surface area contributed by atoms with Crippen molar-refractivity contribution in [1.82, 2.24) is 34.0 Å². The monoisotopic (exact) mass is 933 g/mol. The van der Waals surface area contributed by atoms with E-state index in [0.29, 0.717) is 30.2 Å². The van der Waals surface area contributed by atoms with Crippen molar-refractivity contribution in [3.05, 3.63) is 100 Å². The van der Waals surface area contributed by atoms with Crippen molar-refractivity contribution in [1.29, 1.82) is 5.26 Å². The molecule has 5 aliphatic heterocycles. The van der Waals surface area contributed by atoms with Crippen molar-refractivity contribution in [2.75, 3.05) is 53.8 Å². The van der Waals surface area contributed by atoms with E-state index in [-0.39, 0.29) is 65.7 Å². The average molecular weight is 934 g/mol. The summed E-state index contributed by atoms with van der Waals surface area (Å²) in [6.45, 7) is 2.53. The Labute approximate surface area is 381 Å². The quantitative estimate of drug-likeness (QED) is 0.199. The summed E-state index contributed by atoms with van der Waals surface area (Å²) in [4.78, 5) is 83.5. The van der Waals surface area contributed by atoms with Crippen molar-refractivity contribution in [2.45, 2.75) is 57.2 Å². The molecule has 10 rings (SSSR count). The molecule has 19 nitrogen and oxygen atoms in total. The summed E-state index contributed by atoms with van der Waals surface area (Å²) >= 11 is 0. The largest absolute Gasteiger partial charge is 0.453 e. The molecule has 5 aliphatic rings. The smallest absolute Gasteiger partial charge is 0.301 e. The molecule has 22 heteroatoms. The molecule has 0 saturated carbocycles. The van der Waals surface area contributed by atoms with Gasteiger partial charge in [-0.15, -0.1) is 0 Å². The normalized spacial score (nSPS) is 20.9. The fourth-order valence-electron chi connectivity index (χ4n) is 9.61. The summed E-state index contributed by atoms with van der Waals surface area (Å²) in [6.07, 6.45) is 6.88. The zero-order valence-electron chi connectivity index (χ0n) is 35.7. The first-order valence-electron chi connectivity index (χ1n) is 21.7. The van der Waals surface area contributed by atoms with Gasteiger partial charge in [0.2, 0.25) is 17.8 Å². The van der Waals surface area contributed by atoms with Crippen LogP contribution in [-0.4, -0.2) is 112 Å². The standard InChI is InChI=1S/C45H41F2N11O8S/c46-26-9-14-56(24-26)67(64,65)53-36-6-4-34(47)39(33(36)21-48)66-29-2-5-35-32(20-29)41(61)57(25-51-35)28-22-49-44(50-23-28)55-17-12-45(13-18-55)10-15-54(16-11-45)27-1-3-30-31(19-27)43(63)58(42(30)62)37-7-8-38(59)52-40(37)60/h1-6,19-20,22-23,25-26,37,53H,7-18,24H2,(H,52,59,60)/t26-,37?/m1/s1. The molecule has 4 amide bonds. The van der Waals surface area contributed by atoms with Crippen molar-refractivity contribution in [3.8, 4) is 23.3 Å². The van der Waals surface area contributed by atoms with Crippen LogP contribution in [0.2, 0.25) is 0 Å². The van der Waals surface area contributed by atoms with Gasteiger partial charge in [0.05, 0.1) is 45.8 Å². The average Bonchev–Trinajstić information content (AvgIpc) is 3.88. The number of hydrogen-bond acceptors (Lipinski definition) is 14. The molecule has 2 N–H and O–H groups in total. The Bertz CT molecular complexity index is 3110. The number of ether oxygens (including phenoxy) is 1. The third kappa shape index (κ3) is 7.96. The fourth-order valence-corrected chi connectivity index (χ4v) is 10.9. The summed E-state index contributed by atoms with van der Waals surface area (Å²) in [7, 11) is -4.26. The number of piperidine rings is 3. The number of nitriles is 1. The molecule has 1 unspecified atom stereocenters. The van der Waals surface area contributed by atoms with E-state index in [9.17, 15) is 42.0 Å². The molecule has 7 heterocycles. The van der Waals surface area contributed by atoms with E-state index in [1.807, 2.05) is 6.07 Å². The van der Waals surface area contributed by atoms with Crippen molar-refractivity contribution < 1.29 is 41.1 Å². The van der Waals surface area contributed by atoms with Crippen LogP contribution in [0.4, 0.5) is 26.1 Å². The van der Waals surface area contributed by atoms with E-state index in [0.717, 1.165) is 65.8 Å². The zero-order chi connectivity index (χ0) is 46.8. The number of rotatable bonds is 9. The number of imide groups is 2. The van der Waals surface area contributed by atoms with Crippen LogP contribution < -0.4 is 30.1 Å².